The molecule has 0 fully saturated rings. The minimum atomic E-state index is -0.257. The van der Waals surface area contributed by atoms with Gasteiger partial charge >= 0.3 is 0 Å². The smallest absolute Gasteiger partial charge is 0.251 e. The Kier molecular flexibility index (Phi) is 5.29. The van der Waals surface area contributed by atoms with Crippen LogP contribution in [0.2, 0.25) is 0 Å². The molecule has 4 N–H and O–H groups in total. The van der Waals surface area contributed by atoms with E-state index >= 15 is 0 Å². The van der Waals surface area contributed by atoms with Crippen molar-refractivity contribution in [3.8, 4) is 5.75 Å². The van der Waals surface area contributed by atoms with Gasteiger partial charge in [0.05, 0.1) is 18.9 Å². The molecule has 0 atom stereocenters. The molecular weight excluding hydrogens is 220 g/mol. The van der Waals surface area contributed by atoms with Gasteiger partial charge in [-0.1, -0.05) is 6.92 Å². The fraction of sp³-hybridized carbons (Fsp3) is 0.417. The first-order valence-corrected chi connectivity index (χ1v) is 5.60. The second kappa shape index (κ2) is 6.75. The molecule has 0 aliphatic heterocycles. The van der Waals surface area contributed by atoms with Gasteiger partial charge in [0.2, 0.25) is 0 Å². The lowest BCUT2D eigenvalue weighted by atomic mass is 10.1. The van der Waals surface area contributed by atoms with Crippen LogP contribution in [0.25, 0.3) is 0 Å². The molecule has 1 amide bonds. The summed E-state index contributed by atoms with van der Waals surface area (Å²) in [5.41, 5.74) is 6.67. The van der Waals surface area contributed by atoms with Crippen LogP contribution >= 0.6 is 0 Å². The first-order chi connectivity index (χ1) is 8.19. The zero-order valence-electron chi connectivity index (χ0n) is 9.90. The first-order valence-electron chi connectivity index (χ1n) is 5.60. The lowest BCUT2D eigenvalue weighted by molar-refractivity contribution is 0.0945. The molecule has 5 nitrogen and oxygen atoms in total. The number of benzene rings is 1. The largest absolute Gasteiger partial charge is 0.491 e. The maximum atomic E-state index is 11.6. The summed E-state index contributed by atoms with van der Waals surface area (Å²) in [6, 6.07) is 4.89. The number of rotatable bonds is 6. The predicted octanol–water partition coefficient (Wildman–Crippen LogP) is 0.780. The fourth-order valence-electron chi connectivity index (χ4n) is 1.30. The van der Waals surface area contributed by atoms with E-state index in [4.69, 9.17) is 15.6 Å². The Bertz CT molecular complexity index is 380. The van der Waals surface area contributed by atoms with Crippen molar-refractivity contribution >= 4 is 11.6 Å². The van der Waals surface area contributed by atoms with Crippen LogP contribution in [-0.4, -0.2) is 30.8 Å². The number of hydrogen-bond donors (Lipinski definition) is 3. The Morgan fingerprint density at radius 3 is 2.88 bits per heavy atom. The van der Waals surface area contributed by atoms with Crippen molar-refractivity contribution in [1.29, 1.82) is 0 Å². The molecule has 0 saturated carbocycles. The van der Waals surface area contributed by atoms with Crippen LogP contribution in [0, 0.1) is 0 Å². The predicted molar refractivity (Wildman–Crippen MR) is 66.1 cm³/mol. The van der Waals surface area contributed by atoms with Crippen LogP contribution < -0.4 is 15.8 Å². The van der Waals surface area contributed by atoms with Crippen molar-refractivity contribution in [3.05, 3.63) is 23.8 Å². The Morgan fingerprint density at radius 1 is 1.53 bits per heavy atom. The van der Waals surface area contributed by atoms with Gasteiger partial charge in [-0.3, -0.25) is 4.79 Å². The van der Waals surface area contributed by atoms with E-state index in [1.165, 1.54) is 0 Å². The van der Waals surface area contributed by atoms with E-state index in [2.05, 4.69) is 5.32 Å². The zero-order chi connectivity index (χ0) is 12.7. The van der Waals surface area contributed by atoms with Crippen molar-refractivity contribution < 1.29 is 14.6 Å². The molecule has 94 valence electrons. The van der Waals surface area contributed by atoms with E-state index in [9.17, 15) is 4.79 Å². The Labute approximate surface area is 101 Å². The quantitative estimate of drug-likeness (QED) is 0.639. The van der Waals surface area contributed by atoms with E-state index < -0.39 is 0 Å². The molecule has 1 aromatic carbocycles. The van der Waals surface area contributed by atoms with E-state index in [-0.39, 0.29) is 19.1 Å². The van der Waals surface area contributed by atoms with Crippen molar-refractivity contribution in [2.75, 3.05) is 25.5 Å². The number of aliphatic hydroxyl groups excluding tert-OH is 1. The standard InChI is InChI=1S/C12H18N2O3/c1-2-7-17-11-4-3-9(8-10(11)13)12(16)14-5-6-15/h3-4,8,15H,2,5-7,13H2,1H3,(H,14,16). The fourth-order valence-corrected chi connectivity index (χ4v) is 1.30. The minimum absolute atomic E-state index is 0.0844. The number of amides is 1. The normalized spacial score (nSPS) is 10.0. The van der Waals surface area contributed by atoms with E-state index in [1.807, 2.05) is 6.92 Å². The third kappa shape index (κ3) is 3.96. The Morgan fingerprint density at radius 2 is 2.29 bits per heavy atom. The van der Waals surface area contributed by atoms with Crippen LogP contribution in [-0.2, 0) is 0 Å². The van der Waals surface area contributed by atoms with Gasteiger partial charge < -0.3 is 20.9 Å². The molecule has 5 heteroatoms. The lowest BCUT2D eigenvalue weighted by Gasteiger charge is -2.09. The van der Waals surface area contributed by atoms with Crippen molar-refractivity contribution in [3.63, 3.8) is 0 Å². The number of nitrogen functional groups attached to an aromatic ring is 1. The molecule has 0 unspecified atom stereocenters. The van der Waals surface area contributed by atoms with Crippen LogP contribution in [0.1, 0.15) is 23.7 Å². The van der Waals surface area contributed by atoms with Crippen LogP contribution in [0.5, 0.6) is 5.75 Å². The van der Waals surface area contributed by atoms with E-state index in [0.29, 0.717) is 23.6 Å². The van der Waals surface area contributed by atoms with E-state index in [1.54, 1.807) is 18.2 Å². The summed E-state index contributed by atoms with van der Waals surface area (Å²) < 4.78 is 5.41. The molecular formula is C12H18N2O3. The second-order valence-electron chi connectivity index (χ2n) is 3.58. The summed E-state index contributed by atoms with van der Waals surface area (Å²) >= 11 is 0. The molecule has 0 aliphatic carbocycles. The van der Waals surface area contributed by atoms with E-state index in [0.717, 1.165) is 6.42 Å². The van der Waals surface area contributed by atoms with Gasteiger partial charge in [-0.25, -0.2) is 0 Å². The molecule has 1 aromatic rings. The lowest BCUT2D eigenvalue weighted by Crippen LogP contribution is -2.26. The van der Waals surface area contributed by atoms with Gasteiger partial charge in [-0.2, -0.15) is 0 Å². The molecule has 17 heavy (non-hydrogen) atoms. The second-order valence-corrected chi connectivity index (χ2v) is 3.58. The molecule has 0 heterocycles. The number of hydrogen-bond acceptors (Lipinski definition) is 4. The summed E-state index contributed by atoms with van der Waals surface area (Å²) in [6.07, 6.45) is 0.901. The number of nitrogens with one attached hydrogen (secondary N) is 1. The number of aliphatic hydroxyl groups is 1. The van der Waals surface area contributed by atoms with Gasteiger partial charge in [-0.05, 0) is 24.6 Å². The molecule has 1 rings (SSSR count). The summed E-state index contributed by atoms with van der Waals surface area (Å²) in [5, 5.41) is 11.2. The number of carbonyl (C=O) groups is 1. The zero-order valence-corrected chi connectivity index (χ0v) is 9.90. The number of anilines is 1. The summed E-state index contributed by atoms with van der Waals surface area (Å²) in [5.74, 6) is 0.332. The highest BCUT2D eigenvalue weighted by Crippen LogP contribution is 2.22. The minimum Gasteiger partial charge on any atom is -0.491 e. The summed E-state index contributed by atoms with van der Waals surface area (Å²) in [6.45, 7) is 2.75. The third-order valence-electron chi connectivity index (χ3n) is 2.13. The highest BCUT2D eigenvalue weighted by molar-refractivity contribution is 5.95. The first kappa shape index (κ1) is 13.3. The summed E-state index contributed by atoms with van der Waals surface area (Å²) in [4.78, 5) is 11.6. The molecule has 0 radical (unpaired) electrons. The monoisotopic (exact) mass is 238 g/mol. The van der Waals surface area contributed by atoms with Crippen LogP contribution in [0.3, 0.4) is 0 Å². The third-order valence-corrected chi connectivity index (χ3v) is 2.13. The number of ether oxygens (including phenoxy) is 1. The van der Waals surface area contributed by atoms with Gasteiger partial charge in [0, 0.05) is 12.1 Å². The van der Waals surface area contributed by atoms with Crippen molar-refractivity contribution in [2.45, 2.75) is 13.3 Å². The van der Waals surface area contributed by atoms with Gasteiger partial charge in [0.1, 0.15) is 5.75 Å². The molecule has 0 aliphatic rings. The highest BCUT2D eigenvalue weighted by Gasteiger charge is 2.08. The summed E-state index contributed by atoms with van der Waals surface area (Å²) in [7, 11) is 0. The van der Waals surface area contributed by atoms with Crippen molar-refractivity contribution in [2.24, 2.45) is 0 Å². The molecule has 0 spiro atoms. The maximum Gasteiger partial charge on any atom is 0.251 e. The average molecular weight is 238 g/mol. The van der Waals surface area contributed by atoms with Crippen LogP contribution in [0.4, 0.5) is 5.69 Å². The van der Waals surface area contributed by atoms with Gasteiger partial charge in [-0.15, -0.1) is 0 Å². The molecule has 0 aromatic heterocycles. The van der Waals surface area contributed by atoms with Crippen molar-refractivity contribution in [1.82, 2.24) is 5.32 Å². The maximum absolute atomic E-state index is 11.6. The molecule has 0 saturated heterocycles. The van der Waals surface area contributed by atoms with Gasteiger partial charge in [0.25, 0.3) is 5.91 Å². The number of carbonyl (C=O) groups excluding carboxylic acids is 1. The Hall–Kier alpha value is -1.75. The average Bonchev–Trinajstić information content (AvgIpc) is 2.34. The van der Waals surface area contributed by atoms with Crippen LogP contribution in [0.15, 0.2) is 18.2 Å². The van der Waals surface area contributed by atoms with Gasteiger partial charge in [0.15, 0.2) is 0 Å². The SMILES string of the molecule is CCCOc1ccc(C(=O)NCCO)cc1N. The highest BCUT2D eigenvalue weighted by atomic mass is 16.5. The number of nitrogens with two attached hydrogens (primary N) is 1. The Balaban J connectivity index is 2.70. The molecule has 0 bridgehead atoms. The topological polar surface area (TPSA) is 84.6 Å².